The second-order valence-corrected chi connectivity index (χ2v) is 7.91. The summed E-state index contributed by atoms with van der Waals surface area (Å²) in [7, 11) is 3.42. The summed E-state index contributed by atoms with van der Waals surface area (Å²) >= 11 is 0. The van der Waals surface area contributed by atoms with E-state index >= 15 is 0 Å². The SMILES string of the molecule is CN=C(NCc1c(O)ccc2c1CCCC2)N1CCN(CC(=O)NCCOC)CC1.I. The molecule has 0 bridgehead atoms. The Labute approximate surface area is 202 Å². The number of ether oxygens (including phenoxy) is 1. The summed E-state index contributed by atoms with van der Waals surface area (Å²) < 4.78 is 4.96. The van der Waals surface area contributed by atoms with Crippen molar-refractivity contribution in [1.82, 2.24) is 20.4 Å². The maximum atomic E-state index is 12.0. The molecule has 0 radical (unpaired) electrons. The number of hydrogen-bond acceptors (Lipinski definition) is 5. The number of fused-ring (bicyclic) bond motifs is 1. The third-order valence-electron chi connectivity index (χ3n) is 5.93. The minimum Gasteiger partial charge on any atom is -0.508 e. The van der Waals surface area contributed by atoms with Gasteiger partial charge < -0.3 is 25.4 Å². The number of hydrogen-bond donors (Lipinski definition) is 3. The predicted octanol–water partition coefficient (Wildman–Crippen LogP) is 1.34. The monoisotopic (exact) mass is 545 g/mol. The summed E-state index contributed by atoms with van der Waals surface area (Å²) in [5.41, 5.74) is 3.66. The number of phenolic OH excluding ortho intramolecular Hbond substituents is 1. The minimum absolute atomic E-state index is 0. The number of benzene rings is 1. The van der Waals surface area contributed by atoms with Crippen molar-refractivity contribution in [2.75, 3.05) is 60.0 Å². The van der Waals surface area contributed by atoms with Crippen molar-refractivity contribution in [3.8, 4) is 5.75 Å². The predicted molar refractivity (Wildman–Crippen MR) is 133 cm³/mol. The Morgan fingerprint density at radius 2 is 1.90 bits per heavy atom. The molecule has 2 aliphatic rings. The zero-order valence-corrected chi connectivity index (χ0v) is 21.0. The number of carbonyl (C=O) groups is 1. The lowest BCUT2D eigenvalue weighted by molar-refractivity contribution is -0.122. The summed E-state index contributed by atoms with van der Waals surface area (Å²) in [5.74, 6) is 1.24. The van der Waals surface area contributed by atoms with Gasteiger partial charge in [-0.1, -0.05) is 6.07 Å². The average Bonchev–Trinajstić information content (AvgIpc) is 2.76. The summed E-state index contributed by atoms with van der Waals surface area (Å²) in [4.78, 5) is 20.8. The van der Waals surface area contributed by atoms with Gasteiger partial charge in [-0.2, -0.15) is 0 Å². The van der Waals surface area contributed by atoms with E-state index in [1.54, 1.807) is 14.2 Å². The van der Waals surface area contributed by atoms with Gasteiger partial charge in [0.1, 0.15) is 5.75 Å². The molecule has 9 heteroatoms. The molecule has 1 aliphatic carbocycles. The van der Waals surface area contributed by atoms with Gasteiger partial charge in [0.05, 0.1) is 13.2 Å². The summed E-state index contributed by atoms with van der Waals surface area (Å²) in [6.07, 6.45) is 4.53. The fourth-order valence-electron chi connectivity index (χ4n) is 4.26. The first-order valence-electron chi connectivity index (χ1n) is 10.9. The molecule has 1 amide bonds. The Morgan fingerprint density at radius 1 is 1.16 bits per heavy atom. The van der Waals surface area contributed by atoms with Gasteiger partial charge in [0.2, 0.25) is 5.91 Å². The van der Waals surface area contributed by atoms with Gasteiger partial charge in [-0.25, -0.2) is 0 Å². The fourth-order valence-corrected chi connectivity index (χ4v) is 4.26. The number of aryl methyl sites for hydroxylation is 1. The number of nitrogens with zero attached hydrogens (tertiary/aromatic N) is 3. The van der Waals surface area contributed by atoms with E-state index in [0.29, 0.717) is 32.0 Å². The van der Waals surface area contributed by atoms with E-state index in [9.17, 15) is 9.90 Å². The third kappa shape index (κ3) is 7.21. The van der Waals surface area contributed by atoms with Crippen molar-refractivity contribution < 1.29 is 14.6 Å². The van der Waals surface area contributed by atoms with Crippen molar-refractivity contribution in [3.05, 3.63) is 28.8 Å². The third-order valence-corrected chi connectivity index (χ3v) is 5.93. The molecule has 1 aromatic rings. The highest BCUT2D eigenvalue weighted by atomic mass is 127. The quantitative estimate of drug-likeness (QED) is 0.208. The topological polar surface area (TPSA) is 89.4 Å². The van der Waals surface area contributed by atoms with E-state index in [1.165, 1.54) is 24.0 Å². The van der Waals surface area contributed by atoms with Crippen LogP contribution in [-0.2, 0) is 28.9 Å². The fraction of sp³-hybridized carbons (Fsp3) is 0.636. The number of nitrogens with one attached hydrogen (secondary N) is 2. The van der Waals surface area contributed by atoms with Crippen LogP contribution in [0.15, 0.2) is 17.1 Å². The van der Waals surface area contributed by atoms with Crippen LogP contribution in [0, 0.1) is 0 Å². The molecule has 174 valence electrons. The van der Waals surface area contributed by atoms with Crippen molar-refractivity contribution in [2.45, 2.75) is 32.2 Å². The highest BCUT2D eigenvalue weighted by Crippen LogP contribution is 2.30. The minimum atomic E-state index is 0. The van der Waals surface area contributed by atoms with Crippen LogP contribution in [-0.4, -0.2) is 86.8 Å². The zero-order valence-electron chi connectivity index (χ0n) is 18.7. The first kappa shape index (κ1) is 25.7. The van der Waals surface area contributed by atoms with Crippen LogP contribution in [0.1, 0.15) is 29.5 Å². The molecule has 1 heterocycles. The lowest BCUT2D eigenvalue weighted by Gasteiger charge is -2.36. The molecule has 8 nitrogen and oxygen atoms in total. The van der Waals surface area contributed by atoms with Crippen LogP contribution < -0.4 is 10.6 Å². The molecule has 1 saturated heterocycles. The van der Waals surface area contributed by atoms with Crippen LogP contribution >= 0.6 is 24.0 Å². The number of aliphatic imine (C=N–C) groups is 1. The van der Waals surface area contributed by atoms with Crippen LogP contribution in [0.4, 0.5) is 0 Å². The van der Waals surface area contributed by atoms with Gasteiger partial charge >= 0.3 is 0 Å². The van der Waals surface area contributed by atoms with Crippen molar-refractivity contribution in [3.63, 3.8) is 0 Å². The zero-order chi connectivity index (χ0) is 21.3. The Balaban J connectivity index is 0.00000341. The molecule has 1 fully saturated rings. The maximum Gasteiger partial charge on any atom is 0.234 e. The Kier molecular flexibility index (Phi) is 10.8. The molecule has 3 rings (SSSR count). The first-order valence-corrected chi connectivity index (χ1v) is 10.9. The molecule has 3 N–H and O–H groups in total. The van der Waals surface area contributed by atoms with Crippen LogP contribution in [0.3, 0.4) is 0 Å². The molecule has 31 heavy (non-hydrogen) atoms. The second kappa shape index (κ2) is 13.1. The lowest BCUT2D eigenvalue weighted by Crippen LogP contribution is -2.54. The van der Waals surface area contributed by atoms with Gasteiger partial charge in [0, 0.05) is 59.0 Å². The van der Waals surface area contributed by atoms with Crippen LogP contribution in [0.5, 0.6) is 5.75 Å². The molecule has 1 aliphatic heterocycles. The number of piperazine rings is 1. The van der Waals surface area contributed by atoms with Gasteiger partial charge in [0.25, 0.3) is 0 Å². The van der Waals surface area contributed by atoms with E-state index in [1.807, 2.05) is 6.07 Å². The molecule has 0 unspecified atom stereocenters. The number of aromatic hydroxyl groups is 1. The molecule has 0 atom stereocenters. The first-order chi connectivity index (χ1) is 14.6. The molecule has 1 aromatic carbocycles. The molecular formula is C22H36IN5O3. The Bertz CT molecular complexity index is 751. The second-order valence-electron chi connectivity index (χ2n) is 7.91. The van der Waals surface area contributed by atoms with E-state index in [0.717, 1.165) is 50.5 Å². The number of carbonyl (C=O) groups excluding carboxylic acids is 1. The van der Waals surface area contributed by atoms with Gasteiger partial charge in [-0.15, -0.1) is 24.0 Å². The largest absolute Gasteiger partial charge is 0.508 e. The number of guanidine groups is 1. The Morgan fingerprint density at radius 3 is 2.61 bits per heavy atom. The highest BCUT2D eigenvalue weighted by Gasteiger charge is 2.22. The maximum absolute atomic E-state index is 12.0. The molecule has 0 spiro atoms. The molecular weight excluding hydrogens is 509 g/mol. The number of rotatable bonds is 7. The molecule has 0 aromatic heterocycles. The van der Waals surface area contributed by atoms with Gasteiger partial charge in [0.15, 0.2) is 5.96 Å². The van der Waals surface area contributed by atoms with E-state index < -0.39 is 0 Å². The normalized spacial score (nSPS) is 17.0. The van der Waals surface area contributed by atoms with Crippen molar-refractivity contribution in [1.29, 1.82) is 0 Å². The van der Waals surface area contributed by atoms with E-state index in [2.05, 4.69) is 31.5 Å². The van der Waals surface area contributed by atoms with Crippen molar-refractivity contribution >= 4 is 35.8 Å². The average molecular weight is 545 g/mol. The van der Waals surface area contributed by atoms with Crippen LogP contribution in [0.25, 0.3) is 0 Å². The van der Waals surface area contributed by atoms with Crippen molar-refractivity contribution in [2.24, 2.45) is 4.99 Å². The van der Waals surface area contributed by atoms with Crippen LogP contribution in [0.2, 0.25) is 0 Å². The number of amides is 1. The summed E-state index contributed by atoms with van der Waals surface area (Å²) in [6.45, 7) is 5.30. The smallest absolute Gasteiger partial charge is 0.234 e. The van der Waals surface area contributed by atoms with Gasteiger partial charge in [-0.3, -0.25) is 14.7 Å². The number of phenols is 1. The lowest BCUT2D eigenvalue weighted by atomic mass is 9.88. The standard InChI is InChI=1S/C22H35N5O3.HI/c1-23-22(25-15-19-18-6-4-3-5-17(18)7-8-20(19)28)27-12-10-26(11-13-27)16-21(29)24-9-14-30-2;/h7-8,28H,3-6,9-16H2,1-2H3,(H,23,25)(H,24,29);1H. The number of methoxy groups -OCH3 is 1. The highest BCUT2D eigenvalue weighted by molar-refractivity contribution is 14.0. The molecule has 0 saturated carbocycles. The Hall–Kier alpha value is -1.59. The van der Waals surface area contributed by atoms with E-state index in [4.69, 9.17) is 4.74 Å². The summed E-state index contributed by atoms with van der Waals surface area (Å²) in [6, 6.07) is 3.88. The van der Waals surface area contributed by atoms with E-state index in [-0.39, 0.29) is 29.9 Å². The number of halogens is 1. The van der Waals surface area contributed by atoms with Gasteiger partial charge in [-0.05, 0) is 42.9 Å². The summed E-state index contributed by atoms with van der Waals surface area (Å²) in [5, 5.41) is 16.7.